The minimum Gasteiger partial charge on any atom is -0.338 e. The summed E-state index contributed by atoms with van der Waals surface area (Å²) in [4.78, 5) is 19.9. The largest absolute Gasteiger partial charge is 0.338 e. The van der Waals surface area contributed by atoms with Gasteiger partial charge in [-0.05, 0) is 51.0 Å². The topological polar surface area (TPSA) is 38.1 Å². The van der Waals surface area contributed by atoms with Gasteiger partial charge in [-0.3, -0.25) is 4.79 Å². The average molecular weight is 416 g/mol. The van der Waals surface area contributed by atoms with E-state index in [1.165, 1.54) is 0 Å². The van der Waals surface area contributed by atoms with E-state index < -0.39 is 0 Å². The lowest BCUT2D eigenvalue weighted by Crippen LogP contribution is -2.40. The van der Waals surface area contributed by atoms with Crippen LogP contribution in [0.25, 0.3) is 11.0 Å². The van der Waals surface area contributed by atoms with Crippen LogP contribution in [0.5, 0.6) is 0 Å². The summed E-state index contributed by atoms with van der Waals surface area (Å²) in [6.07, 6.45) is 1.96. The quantitative estimate of drug-likeness (QED) is 0.530. The number of rotatable bonds is 3. The molecule has 6 heteroatoms. The predicted octanol–water partition coefficient (Wildman–Crippen LogP) is 5.94. The number of fused-ring (bicyclic) bond motifs is 1. The van der Waals surface area contributed by atoms with Gasteiger partial charge in [-0.15, -0.1) is 0 Å². The lowest BCUT2D eigenvalue weighted by Gasteiger charge is -2.33. The first-order valence-electron chi connectivity index (χ1n) is 9.67. The Hall–Kier alpha value is -2.04. The van der Waals surface area contributed by atoms with E-state index in [0.29, 0.717) is 28.2 Å². The Bertz CT molecular complexity index is 1030. The summed E-state index contributed by atoms with van der Waals surface area (Å²) in [6, 6.07) is 13.7. The third-order valence-corrected chi connectivity index (χ3v) is 6.21. The lowest BCUT2D eigenvalue weighted by molar-refractivity contribution is 0.0703. The zero-order valence-electron chi connectivity index (χ0n) is 16.0. The number of benzene rings is 2. The molecule has 1 aliphatic rings. The van der Waals surface area contributed by atoms with Crippen LogP contribution in [0.4, 0.5) is 0 Å². The summed E-state index contributed by atoms with van der Waals surface area (Å²) in [5.74, 6) is 1.20. The van der Waals surface area contributed by atoms with Gasteiger partial charge in [-0.1, -0.05) is 41.4 Å². The molecule has 0 N–H and O–H groups in total. The number of imidazole rings is 1. The molecule has 2 aromatic carbocycles. The van der Waals surface area contributed by atoms with Crippen molar-refractivity contribution in [3.63, 3.8) is 0 Å². The Balaban J connectivity index is 1.66. The van der Waals surface area contributed by atoms with Crippen molar-refractivity contribution >= 4 is 40.1 Å². The van der Waals surface area contributed by atoms with E-state index in [2.05, 4.69) is 30.5 Å². The van der Waals surface area contributed by atoms with Crippen LogP contribution in [-0.4, -0.2) is 33.4 Å². The zero-order chi connectivity index (χ0) is 19.8. The molecular weight excluding hydrogens is 393 g/mol. The molecule has 0 radical (unpaired) electrons. The van der Waals surface area contributed by atoms with Crippen LogP contribution in [0.1, 0.15) is 54.8 Å². The summed E-state index contributed by atoms with van der Waals surface area (Å²) < 4.78 is 2.31. The van der Waals surface area contributed by atoms with E-state index in [-0.39, 0.29) is 11.8 Å². The van der Waals surface area contributed by atoms with Gasteiger partial charge in [0.25, 0.3) is 5.91 Å². The molecule has 1 amide bonds. The molecule has 1 atom stereocenters. The maximum absolute atomic E-state index is 13.1. The summed E-state index contributed by atoms with van der Waals surface area (Å²) in [5.41, 5.74) is 2.62. The number of nitrogens with zero attached hydrogens (tertiary/aromatic N) is 3. The number of para-hydroxylation sites is 2. The second-order valence-electron chi connectivity index (χ2n) is 7.61. The van der Waals surface area contributed by atoms with Crippen LogP contribution in [0.3, 0.4) is 0 Å². The minimum atomic E-state index is -0.0654. The fourth-order valence-corrected chi connectivity index (χ4v) is 4.49. The van der Waals surface area contributed by atoms with E-state index >= 15 is 0 Å². The molecule has 1 aromatic heterocycles. The van der Waals surface area contributed by atoms with Gasteiger partial charge in [0, 0.05) is 25.0 Å². The fourth-order valence-electron chi connectivity index (χ4n) is 4.11. The Kier molecular flexibility index (Phi) is 5.35. The number of halogens is 2. The molecule has 1 saturated heterocycles. The molecule has 2 heterocycles. The van der Waals surface area contributed by atoms with Crippen LogP contribution in [0, 0.1) is 0 Å². The molecule has 0 spiro atoms. The van der Waals surface area contributed by atoms with Gasteiger partial charge in [0.1, 0.15) is 5.82 Å². The number of aromatic nitrogens is 2. The fraction of sp³-hybridized carbons (Fsp3) is 0.364. The number of amides is 1. The van der Waals surface area contributed by atoms with Crippen LogP contribution in [-0.2, 0) is 0 Å². The molecule has 0 saturated carbocycles. The van der Waals surface area contributed by atoms with Gasteiger partial charge < -0.3 is 9.47 Å². The first kappa shape index (κ1) is 19.3. The number of piperidine rings is 1. The third kappa shape index (κ3) is 3.40. The first-order valence-corrected chi connectivity index (χ1v) is 10.4. The van der Waals surface area contributed by atoms with Crippen molar-refractivity contribution in [1.29, 1.82) is 0 Å². The molecule has 3 aromatic rings. The van der Waals surface area contributed by atoms with E-state index in [0.717, 1.165) is 36.2 Å². The molecule has 0 bridgehead atoms. The Morgan fingerprint density at radius 1 is 1.14 bits per heavy atom. The van der Waals surface area contributed by atoms with E-state index in [4.69, 9.17) is 28.2 Å². The van der Waals surface area contributed by atoms with Gasteiger partial charge >= 0.3 is 0 Å². The second kappa shape index (κ2) is 7.76. The SMILES string of the molecule is CC(C)n1c(C2CCCN(C(=O)c3cccc(Cl)c3Cl)C2)nc2ccccc21. The summed E-state index contributed by atoms with van der Waals surface area (Å²) in [5, 5.41) is 0.730. The van der Waals surface area contributed by atoms with Crippen LogP contribution < -0.4 is 0 Å². The van der Waals surface area contributed by atoms with Crippen molar-refractivity contribution in [3.05, 3.63) is 63.9 Å². The molecule has 1 unspecified atom stereocenters. The molecule has 28 heavy (non-hydrogen) atoms. The Labute approximate surface area is 175 Å². The van der Waals surface area contributed by atoms with Crippen LogP contribution >= 0.6 is 23.2 Å². The highest BCUT2D eigenvalue weighted by Gasteiger charge is 2.30. The third-order valence-electron chi connectivity index (χ3n) is 5.40. The monoisotopic (exact) mass is 415 g/mol. The smallest absolute Gasteiger partial charge is 0.255 e. The van der Waals surface area contributed by atoms with Crippen molar-refractivity contribution < 1.29 is 4.79 Å². The first-order chi connectivity index (χ1) is 13.5. The molecule has 1 fully saturated rings. The van der Waals surface area contributed by atoms with Gasteiger partial charge in [0.05, 0.1) is 26.6 Å². The van der Waals surface area contributed by atoms with Crippen molar-refractivity contribution in [1.82, 2.24) is 14.5 Å². The normalized spacial score (nSPS) is 17.5. The van der Waals surface area contributed by atoms with Gasteiger partial charge in [0.2, 0.25) is 0 Å². The van der Waals surface area contributed by atoms with Gasteiger partial charge in [0.15, 0.2) is 0 Å². The number of carbonyl (C=O) groups is 1. The molecule has 4 nitrogen and oxygen atoms in total. The highest BCUT2D eigenvalue weighted by atomic mass is 35.5. The number of hydrogen-bond donors (Lipinski definition) is 0. The minimum absolute atomic E-state index is 0.0654. The van der Waals surface area contributed by atoms with Crippen LogP contribution in [0.15, 0.2) is 42.5 Å². The second-order valence-corrected chi connectivity index (χ2v) is 8.40. The van der Waals surface area contributed by atoms with Crippen molar-refractivity contribution in [2.75, 3.05) is 13.1 Å². The highest BCUT2D eigenvalue weighted by molar-refractivity contribution is 6.43. The number of likely N-dealkylation sites (tertiary alicyclic amines) is 1. The Morgan fingerprint density at radius 2 is 1.93 bits per heavy atom. The zero-order valence-corrected chi connectivity index (χ0v) is 17.5. The standard InChI is InChI=1S/C22H23Cl2N3O/c1-14(2)27-19-11-4-3-10-18(19)25-21(27)15-7-6-12-26(13-15)22(28)16-8-5-9-17(23)20(16)24/h3-5,8-11,14-15H,6-7,12-13H2,1-2H3. The van der Waals surface area contributed by atoms with E-state index in [1.54, 1.807) is 18.2 Å². The molecule has 4 rings (SSSR count). The predicted molar refractivity (Wildman–Crippen MR) is 114 cm³/mol. The molecule has 0 aliphatic carbocycles. The number of carbonyl (C=O) groups excluding carboxylic acids is 1. The van der Waals surface area contributed by atoms with E-state index in [1.807, 2.05) is 17.0 Å². The summed E-state index contributed by atoms with van der Waals surface area (Å²) in [6.45, 7) is 5.71. The summed E-state index contributed by atoms with van der Waals surface area (Å²) in [7, 11) is 0. The van der Waals surface area contributed by atoms with Crippen LogP contribution in [0.2, 0.25) is 10.0 Å². The molecule has 1 aliphatic heterocycles. The Morgan fingerprint density at radius 3 is 2.71 bits per heavy atom. The highest BCUT2D eigenvalue weighted by Crippen LogP contribution is 2.33. The van der Waals surface area contributed by atoms with Gasteiger partial charge in [-0.2, -0.15) is 0 Å². The lowest BCUT2D eigenvalue weighted by atomic mass is 9.96. The van der Waals surface area contributed by atoms with Crippen molar-refractivity contribution in [2.45, 2.75) is 38.6 Å². The maximum Gasteiger partial charge on any atom is 0.255 e. The number of hydrogen-bond acceptors (Lipinski definition) is 2. The van der Waals surface area contributed by atoms with Crippen molar-refractivity contribution in [2.24, 2.45) is 0 Å². The molecule has 146 valence electrons. The average Bonchev–Trinajstić information content (AvgIpc) is 3.09. The van der Waals surface area contributed by atoms with Gasteiger partial charge in [-0.25, -0.2) is 4.98 Å². The van der Waals surface area contributed by atoms with Crippen molar-refractivity contribution in [3.8, 4) is 0 Å². The van der Waals surface area contributed by atoms with E-state index in [9.17, 15) is 4.79 Å². The molecular formula is C22H23Cl2N3O. The summed E-state index contributed by atoms with van der Waals surface area (Å²) >= 11 is 12.4. The maximum atomic E-state index is 13.1.